The topological polar surface area (TPSA) is 199 Å². The normalized spacial score (nSPS) is 42.0. The van der Waals surface area contributed by atoms with Gasteiger partial charge in [-0.1, -0.05) is 6.07 Å². The molecule has 30 heavy (non-hydrogen) atoms. The standard InChI is InChI=1S/C18H26O12/c19-5-9-11(21)13(23)15(25)17(29-9)27-7-2-1-3-8(4-7)28-18-16(26)14(24)12(22)10(6-20)30-18/h1-4,9-26H,5-6H2/t9-,10?,11-,12-,13?,14?,15?,16+,17-,18-/m1/s1. The van der Waals surface area contributed by atoms with Gasteiger partial charge in [0.25, 0.3) is 0 Å². The van der Waals surface area contributed by atoms with Crippen LogP contribution in [0.3, 0.4) is 0 Å². The minimum atomic E-state index is -1.60. The molecule has 0 bridgehead atoms. The van der Waals surface area contributed by atoms with E-state index >= 15 is 0 Å². The highest BCUT2D eigenvalue weighted by atomic mass is 16.7. The molecule has 0 saturated carbocycles. The summed E-state index contributed by atoms with van der Waals surface area (Å²) in [6.45, 7) is -1.21. The van der Waals surface area contributed by atoms with Crippen LogP contribution in [0.2, 0.25) is 0 Å². The maximum atomic E-state index is 10.1. The molecule has 2 saturated heterocycles. The third-order valence-corrected chi connectivity index (χ3v) is 5.01. The summed E-state index contributed by atoms with van der Waals surface area (Å²) in [7, 11) is 0. The molecule has 0 aliphatic carbocycles. The number of hydrogen-bond acceptors (Lipinski definition) is 12. The molecule has 1 aromatic carbocycles. The summed E-state index contributed by atoms with van der Waals surface area (Å²) in [5.74, 6) is 0.225. The Morgan fingerprint density at radius 1 is 0.633 bits per heavy atom. The van der Waals surface area contributed by atoms with Gasteiger partial charge in [0.05, 0.1) is 13.2 Å². The predicted molar refractivity (Wildman–Crippen MR) is 95.2 cm³/mol. The van der Waals surface area contributed by atoms with Crippen molar-refractivity contribution in [3.63, 3.8) is 0 Å². The third kappa shape index (κ3) is 4.68. The van der Waals surface area contributed by atoms with E-state index in [1.54, 1.807) is 0 Å². The van der Waals surface area contributed by atoms with Gasteiger partial charge in [-0.2, -0.15) is 0 Å². The summed E-state index contributed by atoms with van der Waals surface area (Å²) >= 11 is 0. The van der Waals surface area contributed by atoms with Crippen LogP contribution in [0, 0.1) is 0 Å². The number of aliphatic hydroxyl groups is 8. The van der Waals surface area contributed by atoms with Crippen LogP contribution in [0.1, 0.15) is 0 Å². The Balaban J connectivity index is 1.69. The van der Waals surface area contributed by atoms with Gasteiger partial charge in [-0.15, -0.1) is 0 Å². The first kappa shape index (κ1) is 23.1. The Morgan fingerprint density at radius 3 is 1.40 bits per heavy atom. The molecule has 8 N–H and O–H groups in total. The maximum absolute atomic E-state index is 10.1. The predicted octanol–water partition coefficient (Wildman–Crippen LogP) is -3.96. The van der Waals surface area contributed by atoms with Gasteiger partial charge in [0, 0.05) is 6.07 Å². The molecule has 4 unspecified atom stereocenters. The van der Waals surface area contributed by atoms with Crippen molar-refractivity contribution in [2.45, 2.75) is 61.4 Å². The van der Waals surface area contributed by atoms with E-state index in [9.17, 15) is 40.9 Å². The van der Waals surface area contributed by atoms with Crippen LogP contribution in [-0.4, -0.2) is 115 Å². The smallest absolute Gasteiger partial charge is 0.229 e. The number of aliphatic hydroxyl groups excluding tert-OH is 8. The maximum Gasteiger partial charge on any atom is 0.229 e. The van der Waals surface area contributed by atoms with E-state index < -0.39 is 74.6 Å². The molecule has 12 heteroatoms. The fourth-order valence-electron chi connectivity index (χ4n) is 3.22. The molecule has 2 aliphatic rings. The van der Waals surface area contributed by atoms with Crippen molar-refractivity contribution in [1.29, 1.82) is 0 Å². The molecule has 0 amide bonds. The molecule has 10 atom stereocenters. The minimum absolute atomic E-state index is 0.112. The van der Waals surface area contributed by atoms with Crippen molar-refractivity contribution < 1.29 is 59.8 Å². The zero-order valence-electron chi connectivity index (χ0n) is 15.7. The monoisotopic (exact) mass is 434 g/mol. The van der Waals surface area contributed by atoms with Gasteiger partial charge in [0.1, 0.15) is 60.3 Å². The summed E-state index contributed by atoms with van der Waals surface area (Å²) in [4.78, 5) is 0. The first-order valence-corrected chi connectivity index (χ1v) is 9.31. The Hall–Kier alpha value is -1.58. The minimum Gasteiger partial charge on any atom is -0.462 e. The number of benzene rings is 1. The Bertz CT molecular complexity index is 632. The van der Waals surface area contributed by atoms with Gasteiger partial charge >= 0.3 is 0 Å². The van der Waals surface area contributed by atoms with Crippen molar-refractivity contribution in [2.24, 2.45) is 0 Å². The summed E-state index contributed by atoms with van der Waals surface area (Å²) in [6.07, 6.45) is -14.5. The van der Waals surface area contributed by atoms with Crippen LogP contribution in [0.15, 0.2) is 24.3 Å². The molecule has 3 rings (SSSR count). The Labute approximate surface area is 171 Å². The van der Waals surface area contributed by atoms with E-state index in [-0.39, 0.29) is 11.5 Å². The van der Waals surface area contributed by atoms with Crippen LogP contribution < -0.4 is 9.47 Å². The lowest BCUT2D eigenvalue weighted by atomic mass is 9.99. The molecule has 0 spiro atoms. The van der Waals surface area contributed by atoms with E-state index in [1.165, 1.54) is 24.3 Å². The van der Waals surface area contributed by atoms with E-state index in [0.717, 1.165) is 0 Å². The van der Waals surface area contributed by atoms with E-state index in [2.05, 4.69) is 0 Å². The van der Waals surface area contributed by atoms with Crippen LogP contribution in [0.4, 0.5) is 0 Å². The highest BCUT2D eigenvalue weighted by Gasteiger charge is 2.46. The van der Waals surface area contributed by atoms with Crippen molar-refractivity contribution in [3.8, 4) is 11.5 Å². The summed E-state index contributed by atoms with van der Waals surface area (Å²) in [6, 6.07) is 5.78. The quantitative estimate of drug-likeness (QED) is 0.216. The Morgan fingerprint density at radius 2 is 1.03 bits per heavy atom. The molecule has 2 fully saturated rings. The van der Waals surface area contributed by atoms with Gasteiger partial charge < -0.3 is 59.8 Å². The van der Waals surface area contributed by atoms with Gasteiger partial charge in [0.2, 0.25) is 12.6 Å². The summed E-state index contributed by atoms with van der Waals surface area (Å²) in [5.41, 5.74) is 0. The van der Waals surface area contributed by atoms with Crippen molar-refractivity contribution >= 4 is 0 Å². The van der Waals surface area contributed by atoms with Gasteiger partial charge in [0.15, 0.2) is 0 Å². The number of rotatable bonds is 6. The van der Waals surface area contributed by atoms with Gasteiger partial charge in [-0.3, -0.25) is 0 Å². The fourth-order valence-corrected chi connectivity index (χ4v) is 3.22. The lowest BCUT2D eigenvalue weighted by Gasteiger charge is -2.40. The molecule has 0 aromatic heterocycles. The van der Waals surface area contributed by atoms with Crippen LogP contribution in [-0.2, 0) is 9.47 Å². The lowest BCUT2D eigenvalue weighted by Crippen LogP contribution is -2.60. The second-order valence-electron chi connectivity index (χ2n) is 7.11. The molecular formula is C18H26O12. The van der Waals surface area contributed by atoms with Crippen LogP contribution in [0.5, 0.6) is 11.5 Å². The molecule has 0 radical (unpaired) electrons. The summed E-state index contributed by atoms with van der Waals surface area (Å²) in [5, 5.41) is 77.9. The lowest BCUT2D eigenvalue weighted by molar-refractivity contribution is -0.278. The van der Waals surface area contributed by atoms with Crippen molar-refractivity contribution in [2.75, 3.05) is 13.2 Å². The first-order valence-electron chi connectivity index (χ1n) is 9.31. The van der Waals surface area contributed by atoms with Crippen molar-refractivity contribution in [1.82, 2.24) is 0 Å². The van der Waals surface area contributed by atoms with Crippen molar-refractivity contribution in [3.05, 3.63) is 24.3 Å². The average Bonchev–Trinajstić information content (AvgIpc) is 2.74. The van der Waals surface area contributed by atoms with Crippen LogP contribution in [0.25, 0.3) is 0 Å². The molecule has 170 valence electrons. The summed E-state index contributed by atoms with van der Waals surface area (Å²) < 4.78 is 21.5. The largest absolute Gasteiger partial charge is 0.462 e. The SMILES string of the molecule is OCC1O[C@@H](Oc2cccc(O[C@@H]3O[C@H](CO)[C@@H](O)C(O)C3O)c2)[C@@H](O)C(O)[C@@H]1O. The fraction of sp³-hybridized carbons (Fsp3) is 0.667. The Kier molecular flexibility index (Phi) is 7.47. The molecule has 12 nitrogen and oxygen atoms in total. The molecule has 2 aliphatic heterocycles. The van der Waals surface area contributed by atoms with E-state index in [4.69, 9.17) is 18.9 Å². The number of hydrogen-bond donors (Lipinski definition) is 8. The second-order valence-corrected chi connectivity index (χ2v) is 7.11. The molecule has 1 aromatic rings. The van der Waals surface area contributed by atoms with Gasteiger partial charge in [-0.05, 0) is 12.1 Å². The highest BCUT2D eigenvalue weighted by molar-refractivity contribution is 5.33. The molecular weight excluding hydrogens is 408 g/mol. The van der Waals surface area contributed by atoms with Crippen LogP contribution >= 0.6 is 0 Å². The first-order chi connectivity index (χ1) is 14.3. The second kappa shape index (κ2) is 9.70. The zero-order valence-corrected chi connectivity index (χ0v) is 15.7. The number of ether oxygens (including phenoxy) is 4. The zero-order chi connectivity index (χ0) is 22.0. The third-order valence-electron chi connectivity index (χ3n) is 5.01. The van der Waals surface area contributed by atoms with E-state index in [1.807, 2.05) is 0 Å². The van der Waals surface area contributed by atoms with Gasteiger partial charge in [-0.25, -0.2) is 0 Å². The highest BCUT2D eigenvalue weighted by Crippen LogP contribution is 2.29. The average molecular weight is 434 g/mol. The molecule has 2 heterocycles. The van der Waals surface area contributed by atoms with E-state index in [0.29, 0.717) is 0 Å².